The lowest BCUT2D eigenvalue weighted by atomic mass is 9.93. The van der Waals surface area contributed by atoms with Gasteiger partial charge in [-0.2, -0.15) is 5.10 Å². The van der Waals surface area contributed by atoms with Crippen molar-refractivity contribution in [2.24, 2.45) is 7.05 Å². The standard InChI is InChI=1S/C20H21ClF2N4O3/c1-10-17-14(4-6-27(10)16(29)8-28)24-19-18(17)11(13-3-5-26(2)25-13)7-12(21)20(19)30-9-15(22)23/h3,5,7,10,15,24,28H,4,6,8-9H2,1-2H3/t10-/m0/s1. The van der Waals surface area contributed by atoms with E-state index in [1.165, 1.54) is 0 Å². The third-order valence-electron chi connectivity index (χ3n) is 5.39. The first-order chi connectivity index (χ1) is 14.3. The van der Waals surface area contributed by atoms with Gasteiger partial charge in [-0.15, -0.1) is 0 Å². The van der Waals surface area contributed by atoms with Crippen molar-refractivity contribution in [1.29, 1.82) is 0 Å². The summed E-state index contributed by atoms with van der Waals surface area (Å²) < 4.78 is 32.6. The summed E-state index contributed by atoms with van der Waals surface area (Å²) in [5.74, 6) is -0.224. The summed E-state index contributed by atoms with van der Waals surface area (Å²) in [7, 11) is 1.79. The molecule has 0 saturated carbocycles. The molecule has 10 heteroatoms. The van der Waals surface area contributed by atoms with Gasteiger partial charge >= 0.3 is 0 Å². The second-order valence-corrected chi connectivity index (χ2v) is 7.66. The minimum Gasteiger partial charge on any atom is -0.484 e. The summed E-state index contributed by atoms with van der Waals surface area (Å²) in [5, 5.41) is 14.7. The second kappa shape index (κ2) is 7.88. The maximum absolute atomic E-state index is 12.8. The maximum Gasteiger partial charge on any atom is 0.272 e. The lowest BCUT2D eigenvalue weighted by Crippen LogP contribution is -2.40. The van der Waals surface area contributed by atoms with E-state index in [0.29, 0.717) is 29.7 Å². The van der Waals surface area contributed by atoms with Crippen molar-refractivity contribution in [3.8, 4) is 17.0 Å². The van der Waals surface area contributed by atoms with E-state index in [2.05, 4.69) is 10.1 Å². The van der Waals surface area contributed by atoms with E-state index in [4.69, 9.17) is 16.3 Å². The zero-order valence-electron chi connectivity index (χ0n) is 16.5. The van der Waals surface area contributed by atoms with Gasteiger partial charge in [0, 0.05) is 48.4 Å². The molecule has 30 heavy (non-hydrogen) atoms. The van der Waals surface area contributed by atoms with Crippen LogP contribution >= 0.6 is 11.6 Å². The Bertz CT molecular complexity index is 1110. The zero-order valence-corrected chi connectivity index (χ0v) is 17.2. The van der Waals surface area contributed by atoms with E-state index in [0.717, 1.165) is 16.6 Å². The van der Waals surface area contributed by atoms with Crippen LogP contribution in [0.4, 0.5) is 8.78 Å². The number of aryl methyl sites for hydroxylation is 1. The Labute approximate surface area is 176 Å². The number of halogens is 3. The molecule has 0 fully saturated rings. The van der Waals surface area contributed by atoms with Crippen LogP contribution in [0.15, 0.2) is 18.3 Å². The fourth-order valence-electron chi connectivity index (χ4n) is 4.12. The van der Waals surface area contributed by atoms with Gasteiger partial charge in [0.15, 0.2) is 5.75 Å². The quantitative estimate of drug-likeness (QED) is 0.640. The molecule has 0 bridgehead atoms. The molecule has 160 valence electrons. The van der Waals surface area contributed by atoms with Gasteiger partial charge in [-0.25, -0.2) is 8.78 Å². The second-order valence-electron chi connectivity index (χ2n) is 7.25. The van der Waals surface area contributed by atoms with E-state index in [1.54, 1.807) is 28.9 Å². The Balaban J connectivity index is 1.97. The van der Waals surface area contributed by atoms with Crippen molar-refractivity contribution >= 4 is 28.4 Å². The van der Waals surface area contributed by atoms with Crippen LogP contribution in [0.25, 0.3) is 22.2 Å². The van der Waals surface area contributed by atoms with Crippen LogP contribution in [0.2, 0.25) is 5.02 Å². The predicted molar refractivity (Wildman–Crippen MR) is 108 cm³/mol. The smallest absolute Gasteiger partial charge is 0.272 e. The first kappa shape index (κ1) is 20.6. The average Bonchev–Trinajstić information content (AvgIpc) is 3.30. The number of fused-ring (bicyclic) bond motifs is 3. The molecule has 4 rings (SSSR count). The Morgan fingerprint density at radius 2 is 2.27 bits per heavy atom. The van der Waals surface area contributed by atoms with Crippen molar-refractivity contribution in [1.82, 2.24) is 19.7 Å². The lowest BCUT2D eigenvalue weighted by molar-refractivity contribution is -0.136. The molecule has 2 N–H and O–H groups in total. The Morgan fingerprint density at radius 1 is 1.50 bits per heavy atom. The number of aromatic amines is 1. The number of carbonyl (C=O) groups excluding carboxylic acids is 1. The van der Waals surface area contributed by atoms with Gasteiger partial charge < -0.3 is 19.7 Å². The van der Waals surface area contributed by atoms with Crippen molar-refractivity contribution in [2.45, 2.75) is 25.8 Å². The molecule has 0 radical (unpaired) electrons. The third-order valence-corrected chi connectivity index (χ3v) is 5.67. The average molecular weight is 439 g/mol. The summed E-state index contributed by atoms with van der Waals surface area (Å²) >= 11 is 6.43. The van der Waals surface area contributed by atoms with Crippen LogP contribution in [-0.2, 0) is 18.3 Å². The normalized spacial score (nSPS) is 16.4. The van der Waals surface area contributed by atoms with Gasteiger partial charge in [-0.05, 0) is 19.1 Å². The number of carbonyl (C=O) groups is 1. The lowest BCUT2D eigenvalue weighted by Gasteiger charge is -2.33. The largest absolute Gasteiger partial charge is 0.484 e. The summed E-state index contributed by atoms with van der Waals surface area (Å²) in [4.78, 5) is 17.1. The Hall–Kier alpha value is -2.65. The molecule has 0 unspecified atom stereocenters. The topological polar surface area (TPSA) is 83.4 Å². The minimum absolute atomic E-state index is 0.147. The molecule has 3 aromatic rings. The molecule has 1 atom stereocenters. The van der Waals surface area contributed by atoms with E-state index >= 15 is 0 Å². The number of rotatable bonds is 5. The monoisotopic (exact) mass is 438 g/mol. The molecular weight excluding hydrogens is 418 g/mol. The van der Waals surface area contributed by atoms with Crippen LogP contribution < -0.4 is 4.74 Å². The summed E-state index contributed by atoms with van der Waals surface area (Å²) in [6.07, 6.45) is -0.332. The van der Waals surface area contributed by atoms with Crippen LogP contribution in [-0.4, -0.2) is 56.9 Å². The van der Waals surface area contributed by atoms with E-state index in [1.807, 2.05) is 13.0 Å². The van der Waals surface area contributed by atoms with Gasteiger partial charge in [0.05, 0.1) is 22.3 Å². The minimum atomic E-state index is -2.65. The fraction of sp³-hybridized carbons (Fsp3) is 0.400. The summed E-state index contributed by atoms with van der Waals surface area (Å²) in [5.41, 5.74) is 3.59. The number of aromatic nitrogens is 3. The van der Waals surface area contributed by atoms with E-state index in [-0.39, 0.29) is 22.7 Å². The summed E-state index contributed by atoms with van der Waals surface area (Å²) in [6.45, 7) is 0.936. The first-order valence-electron chi connectivity index (χ1n) is 9.50. The van der Waals surface area contributed by atoms with Gasteiger partial charge in [0.2, 0.25) is 5.91 Å². The number of alkyl halides is 2. The number of H-pyrrole nitrogens is 1. The molecular formula is C20H21ClF2N4O3. The number of aliphatic hydroxyl groups is 1. The summed E-state index contributed by atoms with van der Waals surface area (Å²) in [6, 6.07) is 3.14. The molecule has 0 aliphatic carbocycles. The molecule has 1 aliphatic heterocycles. The number of amides is 1. The maximum atomic E-state index is 12.8. The van der Waals surface area contributed by atoms with E-state index in [9.17, 15) is 18.7 Å². The number of hydrogen-bond acceptors (Lipinski definition) is 4. The van der Waals surface area contributed by atoms with E-state index < -0.39 is 19.6 Å². The van der Waals surface area contributed by atoms with Crippen LogP contribution in [0.3, 0.4) is 0 Å². The molecule has 1 aromatic carbocycles. The van der Waals surface area contributed by atoms with Gasteiger partial charge in [-0.1, -0.05) is 11.6 Å². The SMILES string of the molecule is C[C@H]1c2c([nH]c3c(OCC(F)F)c(Cl)cc(-c4ccn(C)n4)c23)CCN1C(=O)CO. The highest BCUT2D eigenvalue weighted by atomic mass is 35.5. The molecule has 0 saturated heterocycles. The van der Waals surface area contributed by atoms with Crippen LogP contribution in [0.1, 0.15) is 24.2 Å². The highest BCUT2D eigenvalue weighted by molar-refractivity contribution is 6.34. The number of ether oxygens (including phenoxy) is 1. The molecule has 3 heterocycles. The predicted octanol–water partition coefficient (Wildman–Crippen LogP) is 3.30. The van der Waals surface area contributed by atoms with Crippen molar-refractivity contribution in [2.75, 3.05) is 19.8 Å². The first-order valence-corrected chi connectivity index (χ1v) is 9.87. The fourth-order valence-corrected chi connectivity index (χ4v) is 4.38. The third kappa shape index (κ3) is 3.41. The van der Waals surface area contributed by atoms with Crippen LogP contribution in [0.5, 0.6) is 5.75 Å². The van der Waals surface area contributed by atoms with Crippen molar-refractivity contribution in [3.63, 3.8) is 0 Å². The number of aliphatic hydroxyl groups excluding tert-OH is 1. The number of hydrogen-bond donors (Lipinski definition) is 2. The highest BCUT2D eigenvalue weighted by Crippen LogP contribution is 2.46. The number of nitrogens with zero attached hydrogens (tertiary/aromatic N) is 3. The highest BCUT2D eigenvalue weighted by Gasteiger charge is 2.33. The van der Waals surface area contributed by atoms with Gasteiger partial charge in [0.1, 0.15) is 13.2 Å². The zero-order chi connectivity index (χ0) is 21.6. The van der Waals surface area contributed by atoms with Crippen molar-refractivity contribution in [3.05, 3.63) is 34.6 Å². The molecule has 1 aliphatic rings. The number of benzene rings is 1. The number of nitrogens with one attached hydrogen (secondary N) is 1. The molecule has 1 amide bonds. The van der Waals surface area contributed by atoms with Gasteiger partial charge in [-0.3, -0.25) is 9.48 Å². The van der Waals surface area contributed by atoms with Crippen LogP contribution in [0, 0.1) is 0 Å². The Kier molecular flexibility index (Phi) is 5.42. The molecule has 0 spiro atoms. The molecule has 7 nitrogen and oxygen atoms in total. The van der Waals surface area contributed by atoms with Gasteiger partial charge in [0.25, 0.3) is 6.43 Å². The Morgan fingerprint density at radius 3 is 2.90 bits per heavy atom. The van der Waals surface area contributed by atoms with Crippen molar-refractivity contribution < 1.29 is 23.4 Å². The molecule has 2 aromatic heterocycles.